The Labute approximate surface area is 216 Å². The Morgan fingerprint density at radius 2 is 1.82 bits per heavy atom. The Morgan fingerprint density at radius 1 is 1.16 bits per heavy atom. The third kappa shape index (κ3) is 5.52. The number of pyridine rings is 1. The van der Waals surface area contributed by atoms with Crippen molar-refractivity contribution in [1.29, 1.82) is 0 Å². The van der Waals surface area contributed by atoms with Gasteiger partial charge in [0.25, 0.3) is 5.91 Å². The number of halogens is 4. The van der Waals surface area contributed by atoms with Crippen LogP contribution in [-0.2, 0) is 0 Å². The Hall–Kier alpha value is -3.10. The molecule has 0 atom stereocenters. The molecule has 9 nitrogen and oxygen atoms in total. The third-order valence-electron chi connectivity index (χ3n) is 6.48. The van der Waals surface area contributed by atoms with Crippen molar-refractivity contribution in [2.45, 2.75) is 57.7 Å². The molecule has 1 aromatic carbocycles. The molecule has 4 rings (SSSR count). The zero-order valence-corrected chi connectivity index (χ0v) is 21.6. The first-order valence-electron chi connectivity index (χ1n) is 11.8. The van der Waals surface area contributed by atoms with Crippen LogP contribution in [0.25, 0.3) is 16.9 Å². The minimum atomic E-state index is -4.73. The molecule has 1 aliphatic rings. The van der Waals surface area contributed by atoms with Crippen molar-refractivity contribution in [1.82, 2.24) is 19.4 Å². The zero-order chi connectivity index (χ0) is 28.0. The molecule has 38 heavy (non-hydrogen) atoms. The van der Waals surface area contributed by atoms with Gasteiger partial charge in [-0.25, -0.2) is 14.3 Å². The lowest BCUT2D eigenvalue weighted by atomic mass is 9.94. The van der Waals surface area contributed by atoms with Gasteiger partial charge in [0.2, 0.25) is 0 Å². The highest BCUT2D eigenvalue weighted by atomic mass is 32.3. The number of imidazole rings is 1. The second-order valence-electron chi connectivity index (χ2n) is 9.82. The number of rotatable bonds is 7. The van der Waals surface area contributed by atoms with E-state index in [2.05, 4.69) is 15.0 Å². The number of benzene rings is 1. The zero-order valence-electron chi connectivity index (χ0n) is 20.8. The van der Waals surface area contributed by atoms with E-state index >= 15 is 0 Å². The van der Waals surface area contributed by atoms with Gasteiger partial charge in [0.05, 0.1) is 11.0 Å². The molecule has 0 unspecified atom stereocenters. The standard InChI is InChI=1S/C24H28F4N4O5S/c1-14(2)31-18-12-15(20(33)30-23(3)7-10-38(35,36)11-8-23)4-5-17(18)32(22(31)34)19-13-16(6-9-29-19)37-24(27,28)21(25)26/h4-6,9,12-14,21,35-36H,7-8,10-11H2,1-3H3,(H,30,33). The van der Waals surface area contributed by atoms with Crippen LogP contribution in [0, 0.1) is 0 Å². The largest absolute Gasteiger partial charge is 0.461 e. The summed E-state index contributed by atoms with van der Waals surface area (Å²) < 4.78 is 78.5. The topological polar surface area (TPSA) is 119 Å². The van der Waals surface area contributed by atoms with E-state index in [4.69, 9.17) is 0 Å². The number of fused-ring (bicyclic) bond motifs is 1. The van der Waals surface area contributed by atoms with E-state index in [-0.39, 0.29) is 28.9 Å². The molecule has 0 saturated carbocycles. The maximum Gasteiger partial charge on any atom is 0.461 e. The van der Waals surface area contributed by atoms with Crippen LogP contribution in [0.3, 0.4) is 0 Å². The third-order valence-corrected chi connectivity index (χ3v) is 8.20. The first kappa shape index (κ1) is 27.9. The van der Waals surface area contributed by atoms with Crippen molar-refractivity contribution < 1.29 is 36.2 Å². The first-order valence-corrected chi connectivity index (χ1v) is 13.7. The van der Waals surface area contributed by atoms with Crippen LogP contribution in [0.15, 0.2) is 41.3 Å². The number of carbonyl (C=O) groups is 1. The van der Waals surface area contributed by atoms with E-state index < -0.39 is 46.0 Å². The number of ether oxygens (including phenoxy) is 1. The second kappa shape index (κ2) is 9.89. The Morgan fingerprint density at radius 3 is 2.42 bits per heavy atom. The summed E-state index contributed by atoms with van der Waals surface area (Å²) in [4.78, 5) is 30.5. The van der Waals surface area contributed by atoms with Gasteiger partial charge >= 0.3 is 18.2 Å². The van der Waals surface area contributed by atoms with Crippen LogP contribution in [-0.4, -0.2) is 58.7 Å². The Bertz CT molecular complexity index is 1410. The lowest BCUT2D eigenvalue weighted by Crippen LogP contribution is -2.50. The molecule has 0 spiro atoms. The fourth-order valence-corrected chi connectivity index (χ4v) is 6.10. The minimum Gasteiger partial charge on any atom is -0.428 e. The highest BCUT2D eigenvalue weighted by Crippen LogP contribution is 2.46. The fraction of sp³-hybridized carbons (Fsp3) is 0.458. The van der Waals surface area contributed by atoms with Crippen molar-refractivity contribution in [2.24, 2.45) is 0 Å². The number of hydrogen-bond donors (Lipinski definition) is 3. The molecule has 0 bridgehead atoms. The van der Waals surface area contributed by atoms with Crippen LogP contribution in [0.1, 0.15) is 50.0 Å². The quantitative estimate of drug-likeness (QED) is 0.349. The Kier molecular flexibility index (Phi) is 7.27. The maximum absolute atomic E-state index is 13.4. The molecule has 1 amide bonds. The normalized spacial score (nSPS) is 18.1. The Balaban J connectivity index is 1.72. The molecular formula is C24H28F4N4O5S. The number of nitrogens with zero attached hydrogens (tertiary/aromatic N) is 3. The van der Waals surface area contributed by atoms with Gasteiger partial charge in [-0.05, 0) is 57.9 Å². The van der Waals surface area contributed by atoms with Gasteiger partial charge in [0, 0.05) is 40.9 Å². The molecule has 208 valence electrons. The van der Waals surface area contributed by atoms with Crippen molar-refractivity contribution in [3.8, 4) is 11.6 Å². The van der Waals surface area contributed by atoms with Gasteiger partial charge in [0.15, 0.2) is 0 Å². The summed E-state index contributed by atoms with van der Waals surface area (Å²) in [7, 11) is -2.63. The summed E-state index contributed by atoms with van der Waals surface area (Å²) in [6.07, 6.45) is -6.94. The average Bonchev–Trinajstić information content (AvgIpc) is 3.12. The predicted octanol–water partition coefficient (Wildman–Crippen LogP) is 5.04. The maximum atomic E-state index is 13.4. The summed E-state index contributed by atoms with van der Waals surface area (Å²) in [5.74, 6) is -0.764. The van der Waals surface area contributed by atoms with Crippen LogP contribution in [0.5, 0.6) is 5.75 Å². The fourth-order valence-electron chi connectivity index (χ4n) is 4.34. The molecular weight excluding hydrogens is 532 g/mol. The molecule has 3 heterocycles. The van der Waals surface area contributed by atoms with E-state index in [1.165, 1.54) is 22.8 Å². The molecule has 1 aliphatic heterocycles. The van der Waals surface area contributed by atoms with E-state index in [1.54, 1.807) is 13.8 Å². The SMILES string of the molecule is CC(C)n1c(=O)n(-c2cc(OC(F)(F)C(F)F)ccn2)c2ccc(C(=O)NC3(C)CCS(O)(O)CC3)cc21. The summed E-state index contributed by atoms with van der Waals surface area (Å²) in [6.45, 7) is 5.32. The summed E-state index contributed by atoms with van der Waals surface area (Å²) >= 11 is 0. The number of aromatic nitrogens is 3. The van der Waals surface area contributed by atoms with Crippen LogP contribution in [0.2, 0.25) is 0 Å². The minimum absolute atomic E-state index is 0.132. The van der Waals surface area contributed by atoms with Crippen molar-refractivity contribution in [3.05, 3.63) is 52.6 Å². The number of hydrogen-bond acceptors (Lipinski definition) is 6. The predicted molar refractivity (Wildman–Crippen MR) is 135 cm³/mol. The van der Waals surface area contributed by atoms with Gasteiger partial charge in [-0.3, -0.25) is 18.5 Å². The summed E-state index contributed by atoms with van der Waals surface area (Å²) in [6, 6.07) is 6.08. The first-order chi connectivity index (χ1) is 17.6. The van der Waals surface area contributed by atoms with Crippen LogP contribution in [0.4, 0.5) is 17.6 Å². The van der Waals surface area contributed by atoms with Gasteiger partial charge < -0.3 is 10.1 Å². The molecule has 3 N–H and O–H groups in total. The lowest BCUT2D eigenvalue weighted by molar-refractivity contribution is -0.253. The monoisotopic (exact) mass is 560 g/mol. The molecule has 2 aromatic heterocycles. The van der Waals surface area contributed by atoms with E-state index in [0.29, 0.717) is 23.9 Å². The van der Waals surface area contributed by atoms with Gasteiger partial charge in [-0.1, -0.05) is 0 Å². The number of alkyl halides is 4. The smallest absolute Gasteiger partial charge is 0.428 e. The summed E-state index contributed by atoms with van der Waals surface area (Å²) in [5, 5.41) is 2.95. The van der Waals surface area contributed by atoms with Gasteiger partial charge in [0.1, 0.15) is 11.6 Å². The highest BCUT2D eigenvalue weighted by molar-refractivity contribution is 8.24. The van der Waals surface area contributed by atoms with Gasteiger partial charge in [-0.15, -0.1) is 0 Å². The van der Waals surface area contributed by atoms with Crippen molar-refractivity contribution in [3.63, 3.8) is 0 Å². The van der Waals surface area contributed by atoms with Crippen molar-refractivity contribution >= 4 is 27.5 Å². The molecule has 1 fully saturated rings. The molecule has 0 radical (unpaired) electrons. The molecule has 1 saturated heterocycles. The van der Waals surface area contributed by atoms with Crippen LogP contribution >= 0.6 is 10.6 Å². The molecule has 3 aromatic rings. The molecule has 14 heteroatoms. The highest BCUT2D eigenvalue weighted by Gasteiger charge is 2.44. The molecule has 0 aliphatic carbocycles. The average molecular weight is 561 g/mol. The van der Waals surface area contributed by atoms with E-state index in [9.17, 15) is 36.3 Å². The van der Waals surface area contributed by atoms with Crippen molar-refractivity contribution in [2.75, 3.05) is 11.5 Å². The summed E-state index contributed by atoms with van der Waals surface area (Å²) in [5.41, 5.74) is -0.288. The van der Waals surface area contributed by atoms with Gasteiger partial charge in [-0.2, -0.15) is 28.2 Å². The lowest BCUT2D eigenvalue weighted by Gasteiger charge is -2.44. The van der Waals surface area contributed by atoms with E-state index in [0.717, 1.165) is 22.9 Å². The number of carbonyl (C=O) groups excluding carboxylic acids is 1. The van der Waals surface area contributed by atoms with Crippen LogP contribution < -0.4 is 15.7 Å². The number of amides is 1. The van der Waals surface area contributed by atoms with E-state index in [1.807, 2.05) is 6.92 Å². The second-order valence-corrected chi connectivity index (χ2v) is 12.2. The number of nitrogens with one attached hydrogen (secondary N) is 1.